The number of imidazole rings is 1. The Morgan fingerprint density at radius 1 is 1.11 bits per heavy atom. The summed E-state index contributed by atoms with van der Waals surface area (Å²) in [6.45, 7) is 3.88. The van der Waals surface area contributed by atoms with Crippen molar-refractivity contribution in [2.45, 2.75) is 6.67 Å². The SMILES string of the molecule is COc1ccc(-n2ccn(CN3CCN(C(=O)c4cccs4)CC3)c2=S)cc1. The van der Waals surface area contributed by atoms with E-state index in [1.165, 1.54) is 11.3 Å². The van der Waals surface area contributed by atoms with E-state index in [0.29, 0.717) is 0 Å². The molecule has 2 aromatic heterocycles. The van der Waals surface area contributed by atoms with Gasteiger partial charge in [-0.25, -0.2) is 0 Å². The Bertz CT molecular complexity index is 984. The number of thiophene rings is 1. The van der Waals surface area contributed by atoms with Crippen LogP contribution < -0.4 is 4.74 Å². The van der Waals surface area contributed by atoms with E-state index in [1.54, 1.807) is 7.11 Å². The Labute approximate surface area is 173 Å². The number of amides is 1. The molecule has 1 fully saturated rings. The van der Waals surface area contributed by atoms with Gasteiger partial charge in [-0.05, 0) is 47.9 Å². The molecule has 1 aromatic carbocycles. The first-order valence-electron chi connectivity index (χ1n) is 9.13. The van der Waals surface area contributed by atoms with E-state index >= 15 is 0 Å². The molecule has 146 valence electrons. The third-order valence-electron chi connectivity index (χ3n) is 4.94. The zero-order chi connectivity index (χ0) is 19.5. The number of benzene rings is 1. The van der Waals surface area contributed by atoms with Crippen LogP contribution in [0.5, 0.6) is 5.75 Å². The van der Waals surface area contributed by atoms with Gasteiger partial charge in [-0.2, -0.15) is 0 Å². The highest BCUT2D eigenvalue weighted by Gasteiger charge is 2.22. The van der Waals surface area contributed by atoms with Crippen molar-refractivity contribution in [3.63, 3.8) is 0 Å². The maximum absolute atomic E-state index is 12.5. The third-order valence-corrected chi connectivity index (χ3v) is 6.23. The molecule has 0 bridgehead atoms. The molecule has 28 heavy (non-hydrogen) atoms. The van der Waals surface area contributed by atoms with Crippen LogP contribution in [0.15, 0.2) is 54.2 Å². The lowest BCUT2D eigenvalue weighted by atomic mass is 10.3. The van der Waals surface area contributed by atoms with E-state index in [2.05, 4.69) is 9.47 Å². The summed E-state index contributed by atoms with van der Waals surface area (Å²) in [6, 6.07) is 11.7. The summed E-state index contributed by atoms with van der Waals surface area (Å²) >= 11 is 7.16. The summed E-state index contributed by atoms with van der Waals surface area (Å²) in [7, 11) is 1.66. The molecule has 8 heteroatoms. The van der Waals surface area contributed by atoms with Crippen LogP contribution in [0.4, 0.5) is 0 Å². The summed E-state index contributed by atoms with van der Waals surface area (Å²) in [6.07, 6.45) is 4.00. The number of ether oxygens (including phenoxy) is 1. The van der Waals surface area contributed by atoms with Crippen molar-refractivity contribution in [1.82, 2.24) is 18.9 Å². The zero-order valence-corrected chi connectivity index (χ0v) is 17.3. The molecule has 1 aliphatic rings. The highest BCUT2D eigenvalue weighted by molar-refractivity contribution is 7.71. The predicted molar refractivity (Wildman–Crippen MR) is 113 cm³/mol. The second kappa shape index (κ2) is 8.30. The molecular formula is C20H22N4O2S2. The molecule has 0 aliphatic carbocycles. The number of piperazine rings is 1. The molecule has 0 N–H and O–H groups in total. The predicted octanol–water partition coefficient (Wildman–Crippen LogP) is 3.49. The summed E-state index contributed by atoms with van der Waals surface area (Å²) < 4.78 is 10.0. The number of hydrogen-bond donors (Lipinski definition) is 0. The van der Waals surface area contributed by atoms with Gasteiger partial charge in [0.25, 0.3) is 5.91 Å². The molecule has 1 aliphatic heterocycles. The molecule has 0 radical (unpaired) electrons. The average molecular weight is 415 g/mol. The maximum atomic E-state index is 12.5. The fourth-order valence-electron chi connectivity index (χ4n) is 3.32. The van der Waals surface area contributed by atoms with Crippen LogP contribution >= 0.6 is 23.6 Å². The Kier molecular flexibility index (Phi) is 5.61. The van der Waals surface area contributed by atoms with Crippen molar-refractivity contribution in [1.29, 1.82) is 0 Å². The Balaban J connectivity index is 1.38. The lowest BCUT2D eigenvalue weighted by Crippen LogP contribution is -2.48. The van der Waals surface area contributed by atoms with Crippen molar-refractivity contribution >= 4 is 29.5 Å². The largest absolute Gasteiger partial charge is 0.497 e. The minimum absolute atomic E-state index is 0.136. The molecule has 6 nitrogen and oxygen atoms in total. The van der Waals surface area contributed by atoms with E-state index in [-0.39, 0.29) is 5.91 Å². The number of carbonyl (C=O) groups is 1. The maximum Gasteiger partial charge on any atom is 0.264 e. The first-order valence-corrected chi connectivity index (χ1v) is 10.4. The van der Waals surface area contributed by atoms with Crippen LogP contribution in [0.3, 0.4) is 0 Å². The molecule has 3 heterocycles. The molecule has 0 unspecified atom stereocenters. The van der Waals surface area contributed by atoms with Crippen LogP contribution in [0.1, 0.15) is 9.67 Å². The van der Waals surface area contributed by atoms with Gasteiger partial charge in [-0.3, -0.25) is 14.3 Å². The highest BCUT2D eigenvalue weighted by atomic mass is 32.1. The van der Waals surface area contributed by atoms with Gasteiger partial charge < -0.3 is 14.2 Å². The lowest BCUT2D eigenvalue weighted by molar-refractivity contribution is 0.0598. The summed E-state index contributed by atoms with van der Waals surface area (Å²) in [5.41, 5.74) is 1.01. The average Bonchev–Trinajstić information content (AvgIpc) is 3.39. The zero-order valence-electron chi connectivity index (χ0n) is 15.7. The summed E-state index contributed by atoms with van der Waals surface area (Å²) in [4.78, 5) is 17.5. The van der Waals surface area contributed by atoms with Crippen LogP contribution in [-0.2, 0) is 6.67 Å². The molecule has 4 rings (SSSR count). The van der Waals surface area contributed by atoms with Crippen molar-refractivity contribution < 1.29 is 9.53 Å². The first kappa shape index (κ1) is 18.9. The molecule has 1 amide bonds. The Morgan fingerprint density at radius 2 is 1.86 bits per heavy atom. The number of methoxy groups -OCH3 is 1. The fourth-order valence-corrected chi connectivity index (χ4v) is 4.30. The van der Waals surface area contributed by atoms with Crippen LogP contribution in [0.2, 0.25) is 0 Å². The van der Waals surface area contributed by atoms with Gasteiger partial charge in [0.15, 0.2) is 4.77 Å². The number of aromatic nitrogens is 2. The third kappa shape index (κ3) is 3.89. The number of carbonyl (C=O) groups excluding carboxylic acids is 1. The van der Waals surface area contributed by atoms with E-state index in [0.717, 1.165) is 53.9 Å². The minimum Gasteiger partial charge on any atom is -0.497 e. The van der Waals surface area contributed by atoms with Crippen molar-refractivity contribution in [3.8, 4) is 11.4 Å². The topological polar surface area (TPSA) is 42.6 Å². The smallest absolute Gasteiger partial charge is 0.264 e. The lowest BCUT2D eigenvalue weighted by Gasteiger charge is -2.34. The van der Waals surface area contributed by atoms with E-state index in [9.17, 15) is 4.79 Å². The van der Waals surface area contributed by atoms with Crippen LogP contribution in [0, 0.1) is 4.77 Å². The molecule has 1 saturated heterocycles. The first-order chi connectivity index (χ1) is 13.7. The second-order valence-corrected chi connectivity index (χ2v) is 7.96. The van der Waals surface area contributed by atoms with E-state index in [1.807, 2.05) is 63.6 Å². The standard InChI is InChI=1S/C20H22N4O2S2/c1-26-17-6-4-16(5-7-17)24-13-12-23(20(24)27)15-21-8-10-22(11-9-21)19(25)18-3-2-14-28-18/h2-7,12-14H,8-11,15H2,1H3. The van der Waals surface area contributed by atoms with Gasteiger partial charge in [0.2, 0.25) is 0 Å². The molecule has 0 atom stereocenters. The van der Waals surface area contributed by atoms with Gasteiger partial charge in [0, 0.05) is 44.3 Å². The van der Waals surface area contributed by atoms with Gasteiger partial charge in [0.1, 0.15) is 5.75 Å². The van der Waals surface area contributed by atoms with Gasteiger partial charge >= 0.3 is 0 Å². The fraction of sp³-hybridized carbons (Fsp3) is 0.300. The number of rotatable bonds is 5. The van der Waals surface area contributed by atoms with Crippen LogP contribution in [-0.4, -0.2) is 58.1 Å². The normalized spacial score (nSPS) is 15.0. The Morgan fingerprint density at radius 3 is 2.50 bits per heavy atom. The summed E-state index contributed by atoms with van der Waals surface area (Å²) in [5, 5.41) is 1.94. The van der Waals surface area contributed by atoms with Gasteiger partial charge in [0.05, 0.1) is 18.7 Å². The number of hydrogen-bond acceptors (Lipinski definition) is 5. The molecular weight excluding hydrogens is 392 g/mol. The minimum atomic E-state index is 0.136. The second-order valence-electron chi connectivity index (χ2n) is 6.65. The highest BCUT2D eigenvalue weighted by Crippen LogP contribution is 2.17. The van der Waals surface area contributed by atoms with E-state index < -0.39 is 0 Å². The van der Waals surface area contributed by atoms with Gasteiger partial charge in [-0.15, -0.1) is 11.3 Å². The molecule has 0 saturated carbocycles. The summed E-state index contributed by atoms with van der Waals surface area (Å²) in [5.74, 6) is 0.960. The Hall–Kier alpha value is -2.42. The van der Waals surface area contributed by atoms with Gasteiger partial charge in [-0.1, -0.05) is 6.07 Å². The van der Waals surface area contributed by atoms with E-state index in [4.69, 9.17) is 17.0 Å². The quantitative estimate of drug-likeness (QED) is 0.600. The van der Waals surface area contributed by atoms with Crippen molar-refractivity contribution in [3.05, 3.63) is 63.8 Å². The molecule has 0 spiro atoms. The molecule has 3 aromatic rings. The van der Waals surface area contributed by atoms with Crippen molar-refractivity contribution in [2.24, 2.45) is 0 Å². The van der Waals surface area contributed by atoms with Crippen LogP contribution in [0.25, 0.3) is 5.69 Å². The number of nitrogens with zero attached hydrogens (tertiary/aromatic N) is 4. The monoisotopic (exact) mass is 414 g/mol. The van der Waals surface area contributed by atoms with Crippen molar-refractivity contribution in [2.75, 3.05) is 33.3 Å².